The number of carbonyl (C=O) groups excluding carboxylic acids is 1. The van der Waals surface area contributed by atoms with Crippen molar-refractivity contribution in [2.45, 2.75) is 31.4 Å². The summed E-state index contributed by atoms with van der Waals surface area (Å²) in [5.41, 5.74) is -0.465. The summed E-state index contributed by atoms with van der Waals surface area (Å²) in [6.07, 6.45) is 1.23. The second-order valence-electron chi connectivity index (χ2n) is 4.18. The van der Waals surface area contributed by atoms with E-state index >= 15 is 0 Å². The number of rotatable bonds is 5. The van der Waals surface area contributed by atoms with Crippen LogP contribution in [0.1, 0.15) is 19.8 Å². The molecule has 5 nitrogen and oxygen atoms in total. The lowest BCUT2D eigenvalue weighted by Gasteiger charge is -2.23. The molecule has 0 aliphatic carbocycles. The van der Waals surface area contributed by atoms with E-state index in [9.17, 15) is 9.90 Å². The van der Waals surface area contributed by atoms with Crippen molar-refractivity contribution in [3.05, 3.63) is 0 Å². The lowest BCUT2D eigenvalue weighted by molar-refractivity contribution is -0.127. The molecule has 1 heterocycles. The summed E-state index contributed by atoms with van der Waals surface area (Å²) >= 11 is 0. The summed E-state index contributed by atoms with van der Waals surface area (Å²) in [4.78, 5) is 11.8. The monoisotopic (exact) mass is 216 g/mol. The Morgan fingerprint density at radius 3 is 3.00 bits per heavy atom. The number of methoxy groups -OCH3 is 1. The highest BCUT2D eigenvalue weighted by molar-refractivity contribution is 5.86. The van der Waals surface area contributed by atoms with Gasteiger partial charge in [-0.3, -0.25) is 4.79 Å². The van der Waals surface area contributed by atoms with E-state index in [0.29, 0.717) is 0 Å². The zero-order valence-electron chi connectivity index (χ0n) is 9.38. The van der Waals surface area contributed by atoms with Crippen molar-refractivity contribution in [2.75, 3.05) is 26.8 Å². The number of nitrogens with one attached hydrogen (secondary N) is 2. The van der Waals surface area contributed by atoms with E-state index in [1.54, 1.807) is 0 Å². The summed E-state index contributed by atoms with van der Waals surface area (Å²) in [6, 6.07) is 0. The zero-order chi connectivity index (χ0) is 11.3. The highest BCUT2D eigenvalue weighted by Gasteiger charge is 2.35. The number of aliphatic hydroxyl groups is 1. The van der Waals surface area contributed by atoms with Crippen LogP contribution < -0.4 is 10.6 Å². The van der Waals surface area contributed by atoms with E-state index < -0.39 is 11.6 Å². The van der Waals surface area contributed by atoms with Crippen LogP contribution in [-0.4, -0.2) is 49.5 Å². The molecule has 5 heteroatoms. The van der Waals surface area contributed by atoms with E-state index in [-0.39, 0.29) is 19.1 Å². The minimum Gasteiger partial charge on any atom is -0.389 e. The maximum absolute atomic E-state index is 11.8. The van der Waals surface area contributed by atoms with Gasteiger partial charge in [0.25, 0.3) is 0 Å². The number of carbonyl (C=O) groups is 1. The van der Waals surface area contributed by atoms with Crippen LogP contribution in [0.5, 0.6) is 0 Å². The van der Waals surface area contributed by atoms with Gasteiger partial charge in [0.15, 0.2) is 0 Å². The fourth-order valence-corrected chi connectivity index (χ4v) is 1.75. The molecule has 0 aromatic heterocycles. The molecule has 0 aromatic carbocycles. The lowest BCUT2D eigenvalue weighted by atomic mass is 9.99. The molecule has 0 aromatic rings. The van der Waals surface area contributed by atoms with Crippen molar-refractivity contribution in [1.29, 1.82) is 0 Å². The van der Waals surface area contributed by atoms with E-state index in [1.165, 1.54) is 7.11 Å². The average molecular weight is 216 g/mol. The first-order valence-electron chi connectivity index (χ1n) is 5.29. The molecule has 1 saturated heterocycles. The summed E-state index contributed by atoms with van der Waals surface area (Å²) in [7, 11) is 1.52. The van der Waals surface area contributed by atoms with Crippen LogP contribution in [0.3, 0.4) is 0 Å². The summed E-state index contributed by atoms with van der Waals surface area (Å²) in [6.45, 7) is 3.25. The van der Waals surface area contributed by atoms with Crippen molar-refractivity contribution in [2.24, 2.45) is 0 Å². The minimum absolute atomic E-state index is 0.0462. The highest BCUT2D eigenvalue weighted by Crippen LogP contribution is 2.18. The van der Waals surface area contributed by atoms with Gasteiger partial charge in [-0.25, -0.2) is 0 Å². The van der Waals surface area contributed by atoms with E-state index in [1.807, 2.05) is 6.92 Å². The number of ether oxygens (including phenoxy) is 1. The fraction of sp³-hybridized carbons (Fsp3) is 0.900. The molecular weight excluding hydrogens is 196 g/mol. The van der Waals surface area contributed by atoms with Crippen molar-refractivity contribution >= 4 is 5.91 Å². The first-order valence-corrected chi connectivity index (χ1v) is 5.29. The quantitative estimate of drug-likeness (QED) is 0.565. The molecule has 0 spiro atoms. The van der Waals surface area contributed by atoms with E-state index in [4.69, 9.17) is 4.74 Å². The van der Waals surface area contributed by atoms with Crippen LogP contribution in [0.25, 0.3) is 0 Å². The second kappa shape index (κ2) is 5.44. The van der Waals surface area contributed by atoms with E-state index in [2.05, 4.69) is 10.6 Å². The molecule has 0 bridgehead atoms. The Balaban J connectivity index is 2.29. The molecule has 1 fully saturated rings. The minimum atomic E-state index is -0.635. The number of aliphatic hydroxyl groups excluding tert-OH is 1. The van der Waals surface area contributed by atoms with Crippen LogP contribution in [0.4, 0.5) is 0 Å². The number of hydrogen-bond acceptors (Lipinski definition) is 4. The Kier molecular flexibility index (Phi) is 4.50. The number of hydrogen-bond donors (Lipinski definition) is 3. The van der Waals surface area contributed by atoms with Gasteiger partial charge in [0.1, 0.15) is 0 Å². The molecule has 3 N–H and O–H groups in total. The molecule has 0 radical (unpaired) electrons. The molecule has 2 atom stereocenters. The predicted octanol–water partition coefficient (Wildman–Crippen LogP) is -0.748. The summed E-state index contributed by atoms with van der Waals surface area (Å²) in [5, 5.41) is 15.2. The van der Waals surface area contributed by atoms with Gasteiger partial charge >= 0.3 is 0 Å². The van der Waals surface area contributed by atoms with Gasteiger partial charge in [0.05, 0.1) is 18.2 Å². The van der Waals surface area contributed by atoms with Crippen LogP contribution in [0, 0.1) is 0 Å². The Morgan fingerprint density at radius 2 is 2.47 bits per heavy atom. The van der Waals surface area contributed by atoms with Crippen LogP contribution in [0.15, 0.2) is 0 Å². The second-order valence-corrected chi connectivity index (χ2v) is 4.18. The van der Waals surface area contributed by atoms with Gasteiger partial charge in [-0.05, 0) is 26.3 Å². The summed E-state index contributed by atoms with van der Waals surface area (Å²) in [5.74, 6) is -0.0462. The summed E-state index contributed by atoms with van der Waals surface area (Å²) < 4.78 is 4.77. The first-order chi connectivity index (χ1) is 7.08. The van der Waals surface area contributed by atoms with Gasteiger partial charge in [0, 0.05) is 13.7 Å². The van der Waals surface area contributed by atoms with Crippen molar-refractivity contribution in [3.63, 3.8) is 0 Å². The molecule has 1 aliphatic rings. The number of amides is 1. The molecule has 1 amide bonds. The van der Waals surface area contributed by atoms with Crippen molar-refractivity contribution in [3.8, 4) is 0 Å². The third-order valence-corrected chi connectivity index (χ3v) is 2.73. The van der Waals surface area contributed by atoms with Gasteiger partial charge < -0.3 is 20.5 Å². The average Bonchev–Trinajstić information content (AvgIpc) is 2.63. The van der Waals surface area contributed by atoms with Gasteiger partial charge in [-0.2, -0.15) is 0 Å². The fourth-order valence-electron chi connectivity index (χ4n) is 1.75. The SMILES string of the molecule is COCC(O)CNC(=O)C1(C)CCCN1. The predicted molar refractivity (Wildman–Crippen MR) is 56.5 cm³/mol. The maximum atomic E-state index is 11.8. The Bertz CT molecular complexity index is 215. The molecule has 2 unspecified atom stereocenters. The lowest BCUT2D eigenvalue weighted by Crippen LogP contribution is -2.52. The van der Waals surface area contributed by atoms with Crippen LogP contribution in [-0.2, 0) is 9.53 Å². The highest BCUT2D eigenvalue weighted by atomic mass is 16.5. The molecule has 88 valence electrons. The van der Waals surface area contributed by atoms with Crippen LogP contribution >= 0.6 is 0 Å². The standard InChI is InChI=1S/C10H20N2O3/c1-10(4-3-5-12-10)9(14)11-6-8(13)7-15-2/h8,12-13H,3-7H2,1-2H3,(H,11,14). The molecule has 1 aliphatic heterocycles. The van der Waals surface area contributed by atoms with Gasteiger partial charge in [-0.1, -0.05) is 0 Å². The van der Waals surface area contributed by atoms with Gasteiger partial charge in [0.2, 0.25) is 5.91 Å². The molecule has 1 rings (SSSR count). The van der Waals surface area contributed by atoms with Crippen molar-refractivity contribution in [1.82, 2.24) is 10.6 Å². The third kappa shape index (κ3) is 3.44. The zero-order valence-corrected chi connectivity index (χ0v) is 9.38. The smallest absolute Gasteiger partial charge is 0.240 e. The maximum Gasteiger partial charge on any atom is 0.240 e. The first kappa shape index (κ1) is 12.4. The van der Waals surface area contributed by atoms with Crippen molar-refractivity contribution < 1.29 is 14.6 Å². The van der Waals surface area contributed by atoms with Gasteiger partial charge in [-0.15, -0.1) is 0 Å². The molecular formula is C10H20N2O3. The topological polar surface area (TPSA) is 70.6 Å². The third-order valence-electron chi connectivity index (χ3n) is 2.73. The Morgan fingerprint density at radius 1 is 1.73 bits per heavy atom. The molecule has 0 saturated carbocycles. The Labute approximate surface area is 90.2 Å². The Hall–Kier alpha value is -0.650. The van der Waals surface area contributed by atoms with E-state index in [0.717, 1.165) is 19.4 Å². The van der Waals surface area contributed by atoms with Crippen LogP contribution in [0.2, 0.25) is 0 Å². The largest absolute Gasteiger partial charge is 0.389 e. The molecule has 15 heavy (non-hydrogen) atoms. The normalized spacial score (nSPS) is 27.7.